The number of hydrogen-bond donors (Lipinski definition) is 3. The van der Waals surface area contributed by atoms with E-state index >= 15 is 0 Å². The van der Waals surface area contributed by atoms with Crippen molar-refractivity contribution in [3.05, 3.63) is 27.9 Å². The summed E-state index contributed by atoms with van der Waals surface area (Å²) in [6, 6.07) is 0. The number of hydrogen-bond acceptors (Lipinski definition) is 3. The summed E-state index contributed by atoms with van der Waals surface area (Å²) in [7, 11) is 1.32. The Morgan fingerprint density at radius 2 is 2.31 bits per heavy atom. The number of aromatic nitrogens is 1. The predicted molar refractivity (Wildman–Crippen MR) is 42.1 cm³/mol. The maximum atomic E-state index is 12.5. The third-order valence-corrected chi connectivity index (χ3v) is 1.48. The fourth-order valence-corrected chi connectivity index (χ4v) is 0.800. The van der Waals surface area contributed by atoms with Crippen molar-refractivity contribution in [2.24, 2.45) is 0 Å². The smallest absolute Gasteiger partial charge is 0.256 e. The Kier molecular flexibility index (Phi) is 2.32. The molecule has 0 unspecified atom stereocenters. The van der Waals surface area contributed by atoms with Crippen molar-refractivity contribution in [2.45, 2.75) is 0 Å². The van der Waals surface area contributed by atoms with E-state index in [2.05, 4.69) is 5.32 Å². The first-order valence-corrected chi connectivity index (χ1v) is 3.40. The second-order valence-electron chi connectivity index (χ2n) is 2.27. The molecular weight excluding hydrogens is 179 g/mol. The highest BCUT2D eigenvalue weighted by Gasteiger charge is 2.14. The third kappa shape index (κ3) is 1.51. The Morgan fingerprint density at radius 1 is 1.69 bits per heavy atom. The number of aromatic amines is 1. The molecule has 1 amide bonds. The molecule has 6 heteroatoms. The van der Waals surface area contributed by atoms with E-state index in [1.807, 2.05) is 4.98 Å². The highest BCUT2D eigenvalue weighted by atomic mass is 19.1. The van der Waals surface area contributed by atoms with Crippen LogP contribution in [0.25, 0.3) is 0 Å². The van der Waals surface area contributed by atoms with Crippen LogP contribution in [0.3, 0.4) is 0 Å². The molecule has 0 radical (unpaired) electrons. The molecule has 1 rings (SSSR count). The second kappa shape index (κ2) is 3.26. The minimum atomic E-state index is -1.15. The topological polar surface area (TPSA) is 82.2 Å². The van der Waals surface area contributed by atoms with Gasteiger partial charge in [0.05, 0.1) is 0 Å². The second-order valence-corrected chi connectivity index (χ2v) is 2.27. The zero-order valence-electron chi connectivity index (χ0n) is 6.72. The zero-order valence-corrected chi connectivity index (χ0v) is 6.72. The first kappa shape index (κ1) is 9.24. The van der Waals surface area contributed by atoms with Gasteiger partial charge >= 0.3 is 0 Å². The molecule has 0 saturated heterocycles. The van der Waals surface area contributed by atoms with Gasteiger partial charge in [0.1, 0.15) is 5.56 Å². The van der Waals surface area contributed by atoms with Crippen LogP contribution in [-0.2, 0) is 0 Å². The van der Waals surface area contributed by atoms with E-state index in [1.54, 1.807) is 0 Å². The van der Waals surface area contributed by atoms with Crippen LogP contribution in [0.2, 0.25) is 0 Å². The number of pyridine rings is 1. The molecule has 0 atom stereocenters. The molecule has 1 aromatic rings. The van der Waals surface area contributed by atoms with Crippen LogP contribution in [-0.4, -0.2) is 23.0 Å². The van der Waals surface area contributed by atoms with Gasteiger partial charge in [0.2, 0.25) is 17.1 Å². The number of halogens is 1. The number of H-pyrrole nitrogens is 1. The molecule has 1 heterocycles. The van der Waals surface area contributed by atoms with Gasteiger partial charge in [-0.1, -0.05) is 0 Å². The molecular formula is C7H7FN2O3. The largest absolute Gasteiger partial charge is 0.501 e. The summed E-state index contributed by atoms with van der Waals surface area (Å²) in [6.45, 7) is 0. The molecule has 5 nitrogen and oxygen atoms in total. The Morgan fingerprint density at radius 3 is 2.85 bits per heavy atom. The first-order chi connectivity index (χ1) is 6.07. The maximum absolute atomic E-state index is 12.5. The van der Waals surface area contributed by atoms with Gasteiger partial charge in [0.15, 0.2) is 0 Å². The average molecular weight is 186 g/mol. The Hall–Kier alpha value is -1.85. The van der Waals surface area contributed by atoms with Gasteiger partial charge in [0, 0.05) is 13.2 Å². The summed E-state index contributed by atoms with van der Waals surface area (Å²) >= 11 is 0. The number of amides is 1. The van der Waals surface area contributed by atoms with Gasteiger partial charge in [-0.3, -0.25) is 9.59 Å². The molecule has 0 saturated carbocycles. The lowest BCUT2D eigenvalue weighted by atomic mass is 10.2. The van der Waals surface area contributed by atoms with E-state index in [-0.39, 0.29) is 5.56 Å². The first-order valence-electron chi connectivity index (χ1n) is 3.40. The molecule has 0 aromatic carbocycles. The number of carbonyl (C=O) groups excluding carboxylic acids is 1. The minimum absolute atomic E-state index is 0.332. The molecule has 0 aliphatic carbocycles. The Labute approximate surface area is 72.2 Å². The van der Waals surface area contributed by atoms with Crippen molar-refractivity contribution in [3.63, 3.8) is 0 Å². The van der Waals surface area contributed by atoms with Crippen LogP contribution >= 0.6 is 0 Å². The molecule has 0 aliphatic rings. The normalized spacial score (nSPS) is 9.69. The van der Waals surface area contributed by atoms with Gasteiger partial charge < -0.3 is 15.4 Å². The monoisotopic (exact) mass is 186 g/mol. The minimum Gasteiger partial charge on any atom is -0.501 e. The lowest BCUT2D eigenvalue weighted by molar-refractivity contribution is 0.0961. The summed E-state index contributed by atoms with van der Waals surface area (Å²) < 4.78 is 12.5. The van der Waals surface area contributed by atoms with Crippen molar-refractivity contribution < 1.29 is 14.3 Å². The number of nitrogens with one attached hydrogen (secondary N) is 2. The molecule has 13 heavy (non-hydrogen) atoms. The summed E-state index contributed by atoms with van der Waals surface area (Å²) in [6.07, 6.45) is 0.899. The SMILES string of the molecule is CNC(=O)c1c[nH]c(F)c(O)c1=O. The Balaban J connectivity index is 3.35. The van der Waals surface area contributed by atoms with Gasteiger partial charge in [-0.2, -0.15) is 4.39 Å². The summed E-state index contributed by atoms with van der Waals surface area (Å²) in [4.78, 5) is 23.9. The molecule has 70 valence electrons. The molecule has 0 fully saturated rings. The van der Waals surface area contributed by atoms with Crippen LogP contribution in [0.4, 0.5) is 4.39 Å². The summed E-state index contributed by atoms with van der Waals surface area (Å²) in [5, 5.41) is 11.0. The van der Waals surface area contributed by atoms with Gasteiger partial charge in [-0.25, -0.2) is 0 Å². The molecule has 0 aliphatic heterocycles. The van der Waals surface area contributed by atoms with E-state index in [1.165, 1.54) is 7.05 Å². The van der Waals surface area contributed by atoms with Crippen molar-refractivity contribution in [2.75, 3.05) is 7.05 Å². The number of carbonyl (C=O) groups is 1. The standard InChI is InChI=1S/C7H7FN2O3/c1-9-7(13)3-2-10-6(8)5(12)4(3)11/h2,12H,1H3,(H,9,13)(H,10,11). The van der Waals surface area contributed by atoms with Crippen molar-refractivity contribution >= 4 is 5.91 Å². The number of aromatic hydroxyl groups is 1. The fourth-order valence-electron chi connectivity index (χ4n) is 0.800. The van der Waals surface area contributed by atoms with Crippen LogP contribution < -0.4 is 10.7 Å². The van der Waals surface area contributed by atoms with Crippen LogP contribution in [0.1, 0.15) is 10.4 Å². The highest BCUT2D eigenvalue weighted by Crippen LogP contribution is 2.05. The lowest BCUT2D eigenvalue weighted by Gasteiger charge is -1.99. The van der Waals surface area contributed by atoms with Crippen LogP contribution in [0.5, 0.6) is 5.75 Å². The van der Waals surface area contributed by atoms with Gasteiger partial charge in [-0.15, -0.1) is 0 Å². The van der Waals surface area contributed by atoms with E-state index in [0.29, 0.717) is 0 Å². The van der Waals surface area contributed by atoms with Crippen LogP contribution in [0.15, 0.2) is 11.0 Å². The maximum Gasteiger partial charge on any atom is 0.256 e. The summed E-state index contributed by atoms with van der Waals surface area (Å²) in [5.41, 5.74) is -1.36. The van der Waals surface area contributed by atoms with E-state index in [4.69, 9.17) is 5.11 Å². The van der Waals surface area contributed by atoms with Crippen molar-refractivity contribution in [1.82, 2.24) is 10.3 Å². The molecule has 1 aromatic heterocycles. The predicted octanol–water partition coefficient (Wildman–Crippen LogP) is -0.421. The number of rotatable bonds is 1. The highest BCUT2D eigenvalue weighted by molar-refractivity contribution is 5.93. The van der Waals surface area contributed by atoms with Crippen molar-refractivity contribution in [1.29, 1.82) is 0 Å². The fraction of sp³-hybridized carbons (Fsp3) is 0.143. The quantitative estimate of drug-likeness (QED) is 0.521. The molecule has 0 bridgehead atoms. The van der Waals surface area contributed by atoms with Gasteiger partial charge in [0.25, 0.3) is 5.91 Å². The van der Waals surface area contributed by atoms with E-state index in [9.17, 15) is 14.0 Å². The Bertz CT molecular complexity index is 399. The molecule has 3 N–H and O–H groups in total. The van der Waals surface area contributed by atoms with E-state index < -0.39 is 23.0 Å². The average Bonchev–Trinajstić information content (AvgIpc) is 2.13. The summed E-state index contributed by atoms with van der Waals surface area (Å²) in [5.74, 6) is -2.92. The molecule has 0 spiro atoms. The third-order valence-electron chi connectivity index (χ3n) is 1.48. The van der Waals surface area contributed by atoms with Crippen molar-refractivity contribution in [3.8, 4) is 5.75 Å². The van der Waals surface area contributed by atoms with E-state index in [0.717, 1.165) is 6.20 Å². The van der Waals surface area contributed by atoms with Crippen LogP contribution in [0, 0.1) is 5.95 Å². The zero-order chi connectivity index (χ0) is 10.0. The van der Waals surface area contributed by atoms with Gasteiger partial charge in [-0.05, 0) is 0 Å². The lowest BCUT2D eigenvalue weighted by Crippen LogP contribution is -2.25.